The summed E-state index contributed by atoms with van der Waals surface area (Å²) in [6, 6.07) is 53.6. The minimum Gasteiger partial charge on any atom is -0.456 e. The van der Waals surface area contributed by atoms with Gasteiger partial charge in [-0.25, -0.2) is 0 Å². The summed E-state index contributed by atoms with van der Waals surface area (Å²) >= 11 is 0. The summed E-state index contributed by atoms with van der Waals surface area (Å²) in [7, 11) is 0. The highest BCUT2D eigenvalue weighted by molar-refractivity contribution is 6.09. The standard InChI is InChI=1S/C58H45NO.C4H10/c1-6-14-49-46(8-3)47-31-32-55(58(37(47)5)52-19-13-12-18-50(49)52)59(44-27-22-38(23-28-44)40-20-21-43-34-42-16-10-11-17-48(42)53(43)35-40)45-29-24-39(25-30-45)41-26-33-57-54(36-41)51(15-7-2)56(9-4)60-57;1-3-4-2/h6-33,35-36H,3-4,34H2,1-2,5H3;3-4H2,1-2H3/b14-6-,15-7-;. The maximum absolute atomic E-state index is 6.13. The molecule has 0 saturated carbocycles. The molecule has 2 aliphatic rings. The van der Waals surface area contributed by atoms with Gasteiger partial charge in [0, 0.05) is 27.9 Å². The first kappa shape index (κ1) is 41.9. The van der Waals surface area contributed by atoms with E-state index in [0.29, 0.717) is 0 Å². The fraction of sp³-hybridized carbons (Fsp3) is 0.129. The highest BCUT2D eigenvalue weighted by Gasteiger charge is 2.27. The van der Waals surface area contributed by atoms with Gasteiger partial charge in [0.15, 0.2) is 0 Å². The lowest BCUT2D eigenvalue weighted by molar-refractivity contribution is 0.603. The zero-order valence-electron chi connectivity index (χ0n) is 37.7. The zero-order valence-corrected chi connectivity index (χ0v) is 37.7. The van der Waals surface area contributed by atoms with Crippen LogP contribution in [0.15, 0.2) is 187 Å². The normalized spacial score (nSPS) is 12.5. The number of unbranched alkanes of at least 4 members (excludes halogenated alkanes) is 1. The topological polar surface area (TPSA) is 16.4 Å². The first-order chi connectivity index (χ1) is 31.4. The number of fused-ring (bicyclic) bond motifs is 8. The molecular formula is C62H55NO. The lowest BCUT2D eigenvalue weighted by Crippen LogP contribution is -2.12. The second-order valence-electron chi connectivity index (χ2n) is 16.6. The van der Waals surface area contributed by atoms with Crippen molar-refractivity contribution in [3.8, 4) is 44.5 Å². The van der Waals surface area contributed by atoms with E-state index >= 15 is 0 Å². The molecule has 2 heteroatoms. The summed E-state index contributed by atoms with van der Waals surface area (Å²) in [6.07, 6.45) is 15.9. The van der Waals surface area contributed by atoms with Gasteiger partial charge in [0.1, 0.15) is 11.3 Å². The van der Waals surface area contributed by atoms with Gasteiger partial charge in [-0.05, 0) is 160 Å². The van der Waals surface area contributed by atoms with E-state index in [-0.39, 0.29) is 0 Å². The van der Waals surface area contributed by atoms with Crippen molar-refractivity contribution in [2.75, 3.05) is 4.90 Å². The molecule has 0 N–H and O–H groups in total. The third kappa shape index (κ3) is 7.50. The van der Waals surface area contributed by atoms with Crippen LogP contribution in [0.3, 0.4) is 0 Å². The average Bonchev–Trinajstić information content (AvgIpc) is 3.88. The van der Waals surface area contributed by atoms with Crippen molar-refractivity contribution in [3.05, 3.63) is 222 Å². The SMILES string of the molecule is C=CC1=C(/C=C\C)c2ccccc2-c2c(N(c3ccc(-c4ccc5c(c4)-c4ccccc4C5)cc3)c3ccc(-c4ccc5oc(C=C)c(/C=C\C)c5c4)cc3)ccc1c2C.CCCC. The quantitative estimate of drug-likeness (QED) is 0.137. The Morgan fingerprint density at radius 2 is 1.14 bits per heavy atom. The van der Waals surface area contributed by atoms with Crippen molar-refractivity contribution in [2.24, 2.45) is 0 Å². The summed E-state index contributed by atoms with van der Waals surface area (Å²) in [5.41, 5.74) is 23.7. The Morgan fingerprint density at radius 3 is 1.78 bits per heavy atom. The predicted molar refractivity (Wildman–Crippen MR) is 277 cm³/mol. The number of anilines is 3. The molecule has 0 aliphatic heterocycles. The van der Waals surface area contributed by atoms with Crippen LogP contribution in [0.4, 0.5) is 17.1 Å². The van der Waals surface area contributed by atoms with E-state index in [1.165, 1.54) is 79.6 Å². The van der Waals surface area contributed by atoms with E-state index in [4.69, 9.17) is 4.42 Å². The number of nitrogens with zero attached hydrogens (tertiary/aromatic N) is 1. The molecule has 0 amide bonds. The minimum absolute atomic E-state index is 0.787. The summed E-state index contributed by atoms with van der Waals surface area (Å²) < 4.78 is 6.13. The third-order valence-corrected chi connectivity index (χ3v) is 12.8. The summed E-state index contributed by atoms with van der Waals surface area (Å²) in [6.45, 7) is 19.0. The van der Waals surface area contributed by atoms with Gasteiger partial charge in [-0.1, -0.05) is 167 Å². The molecule has 0 saturated heterocycles. The van der Waals surface area contributed by atoms with Crippen molar-refractivity contribution in [2.45, 2.75) is 53.9 Å². The Morgan fingerprint density at radius 1 is 0.547 bits per heavy atom. The Balaban J connectivity index is 0.00000125. The molecule has 0 atom stereocenters. The molecule has 8 aromatic rings. The van der Waals surface area contributed by atoms with Crippen LogP contribution in [0.2, 0.25) is 0 Å². The number of benzene rings is 7. The number of allylic oxidation sites excluding steroid dienone is 6. The van der Waals surface area contributed by atoms with Crippen LogP contribution in [0, 0.1) is 6.92 Å². The summed E-state index contributed by atoms with van der Waals surface area (Å²) in [4.78, 5) is 2.42. The van der Waals surface area contributed by atoms with Crippen LogP contribution in [0.1, 0.15) is 79.7 Å². The van der Waals surface area contributed by atoms with E-state index in [1.807, 2.05) is 19.1 Å². The van der Waals surface area contributed by atoms with Gasteiger partial charge in [-0.2, -0.15) is 0 Å². The Labute approximate surface area is 379 Å². The first-order valence-electron chi connectivity index (χ1n) is 22.7. The number of hydrogen-bond donors (Lipinski definition) is 0. The van der Waals surface area contributed by atoms with Gasteiger partial charge < -0.3 is 9.32 Å². The largest absolute Gasteiger partial charge is 0.456 e. The van der Waals surface area contributed by atoms with Crippen LogP contribution in [0.25, 0.3) is 78.8 Å². The minimum atomic E-state index is 0.787. The van der Waals surface area contributed by atoms with E-state index in [1.54, 1.807) is 6.08 Å². The number of hydrogen-bond acceptors (Lipinski definition) is 2. The van der Waals surface area contributed by atoms with Crippen molar-refractivity contribution < 1.29 is 4.42 Å². The molecule has 2 bridgehead atoms. The molecule has 64 heavy (non-hydrogen) atoms. The average molecular weight is 830 g/mol. The highest BCUT2D eigenvalue weighted by atomic mass is 16.3. The van der Waals surface area contributed by atoms with Crippen LogP contribution >= 0.6 is 0 Å². The maximum Gasteiger partial charge on any atom is 0.135 e. The molecule has 10 rings (SSSR count). The lowest BCUT2D eigenvalue weighted by Gasteiger charge is -2.30. The molecular weight excluding hydrogens is 775 g/mol. The van der Waals surface area contributed by atoms with Crippen LogP contribution in [-0.2, 0) is 6.42 Å². The van der Waals surface area contributed by atoms with Crippen LogP contribution in [0.5, 0.6) is 0 Å². The molecule has 1 aromatic heterocycles. The smallest absolute Gasteiger partial charge is 0.135 e. The molecule has 314 valence electrons. The van der Waals surface area contributed by atoms with E-state index in [2.05, 4.69) is 210 Å². The van der Waals surface area contributed by atoms with Crippen molar-refractivity contribution in [3.63, 3.8) is 0 Å². The van der Waals surface area contributed by atoms with Crippen molar-refractivity contribution in [1.82, 2.24) is 0 Å². The Bertz CT molecular complexity index is 3140. The van der Waals surface area contributed by atoms with Crippen LogP contribution < -0.4 is 4.90 Å². The molecule has 0 spiro atoms. The van der Waals surface area contributed by atoms with Gasteiger partial charge in [-0.3, -0.25) is 0 Å². The first-order valence-corrected chi connectivity index (χ1v) is 22.7. The van der Waals surface area contributed by atoms with Crippen LogP contribution in [-0.4, -0.2) is 0 Å². The van der Waals surface area contributed by atoms with E-state index in [0.717, 1.165) is 62.5 Å². The maximum atomic E-state index is 6.13. The molecule has 0 fully saturated rings. The fourth-order valence-electron chi connectivity index (χ4n) is 9.45. The molecule has 1 heterocycles. The van der Waals surface area contributed by atoms with Crippen molar-refractivity contribution in [1.29, 1.82) is 0 Å². The fourth-order valence-corrected chi connectivity index (χ4v) is 9.45. The van der Waals surface area contributed by atoms with Gasteiger partial charge in [0.05, 0.1) is 5.69 Å². The van der Waals surface area contributed by atoms with Gasteiger partial charge >= 0.3 is 0 Å². The molecule has 7 aromatic carbocycles. The van der Waals surface area contributed by atoms with Gasteiger partial charge in [0.25, 0.3) is 0 Å². The second-order valence-corrected chi connectivity index (χ2v) is 16.6. The second kappa shape index (κ2) is 18.1. The summed E-state index contributed by atoms with van der Waals surface area (Å²) in [5, 5.41) is 1.08. The zero-order chi connectivity index (χ0) is 44.3. The molecule has 0 radical (unpaired) electrons. The van der Waals surface area contributed by atoms with Crippen molar-refractivity contribution >= 4 is 51.3 Å². The molecule has 2 aliphatic carbocycles. The number of furan rings is 1. The Kier molecular flexibility index (Phi) is 11.9. The van der Waals surface area contributed by atoms with Gasteiger partial charge in [-0.15, -0.1) is 0 Å². The Hall–Kier alpha value is -7.42. The summed E-state index contributed by atoms with van der Waals surface area (Å²) in [5.74, 6) is 0.787. The van der Waals surface area contributed by atoms with E-state index in [9.17, 15) is 0 Å². The predicted octanol–water partition coefficient (Wildman–Crippen LogP) is 18.3. The highest BCUT2D eigenvalue weighted by Crippen LogP contribution is 2.50. The number of rotatable bonds is 10. The van der Waals surface area contributed by atoms with E-state index < -0.39 is 0 Å². The monoisotopic (exact) mass is 829 g/mol. The van der Waals surface area contributed by atoms with Gasteiger partial charge in [0.2, 0.25) is 0 Å². The third-order valence-electron chi connectivity index (χ3n) is 12.8. The molecule has 2 nitrogen and oxygen atoms in total. The lowest BCUT2D eigenvalue weighted by atomic mass is 9.91. The molecule has 0 unspecified atom stereocenters.